The maximum absolute atomic E-state index is 12.2. The van der Waals surface area contributed by atoms with Crippen LogP contribution in [0.1, 0.15) is 37.6 Å². The van der Waals surface area contributed by atoms with Crippen LogP contribution in [0.3, 0.4) is 0 Å². The molecule has 29 heavy (non-hydrogen) atoms. The number of esters is 2. The predicted octanol–water partition coefficient (Wildman–Crippen LogP) is 1.07. The zero-order valence-corrected chi connectivity index (χ0v) is 16.4. The van der Waals surface area contributed by atoms with E-state index in [1.54, 1.807) is 20.8 Å². The number of rotatable bonds is 8. The average Bonchev–Trinajstić information content (AvgIpc) is 2.91. The molecule has 0 unspecified atom stereocenters. The molecule has 1 aliphatic rings. The van der Waals surface area contributed by atoms with Gasteiger partial charge in [0.25, 0.3) is 11.8 Å². The number of hydrogen-bond acceptors (Lipinski definition) is 7. The van der Waals surface area contributed by atoms with Crippen LogP contribution in [0, 0.1) is 0 Å². The maximum atomic E-state index is 12.2. The number of carbonyl (C=O) groups excluding carboxylic acids is 5. The molecule has 0 saturated carbocycles. The van der Waals surface area contributed by atoms with Crippen LogP contribution in [0.5, 0.6) is 0 Å². The van der Waals surface area contributed by atoms with E-state index in [-0.39, 0.29) is 6.61 Å². The summed E-state index contributed by atoms with van der Waals surface area (Å²) < 4.78 is 9.69. The molecule has 1 fully saturated rings. The van der Waals surface area contributed by atoms with Gasteiger partial charge in [0.1, 0.15) is 12.1 Å². The van der Waals surface area contributed by atoms with Gasteiger partial charge in [-0.2, -0.15) is 0 Å². The highest BCUT2D eigenvalue weighted by Gasteiger charge is 2.47. The molecule has 2 rings (SSSR count). The van der Waals surface area contributed by atoms with Gasteiger partial charge in [-0.1, -0.05) is 6.92 Å². The van der Waals surface area contributed by atoms with E-state index in [0.29, 0.717) is 17.7 Å². The van der Waals surface area contributed by atoms with Crippen molar-refractivity contribution in [3.05, 3.63) is 29.8 Å². The van der Waals surface area contributed by atoms with E-state index in [1.807, 2.05) is 0 Å². The summed E-state index contributed by atoms with van der Waals surface area (Å²) in [5, 5.41) is 5.02. The summed E-state index contributed by atoms with van der Waals surface area (Å²) >= 11 is 0. The van der Waals surface area contributed by atoms with Gasteiger partial charge in [0.05, 0.1) is 12.2 Å². The van der Waals surface area contributed by atoms with Gasteiger partial charge in [-0.25, -0.2) is 9.59 Å². The molecule has 1 atom stereocenters. The third-order valence-electron chi connectivity index (χ3n) is 4.38. The lowest BCUT2D eigenvalue weighted by Gasteiger charge is -2.18. The fraction of sp³-hybridized carbons (Fsp3) is 0.421. The Morgan fingerprint density at radius 2 is 1.76 bits per heavy atom. The zero-order chi connectivity index (χ0) is 21.6. The first kappa shape index (κ1) is 21.9. The van der Waals surface area contributed by atoms with Crippen molar-refractivity contribution < 1.29 is 33.4 Å². The van der Waals surface area contributed by atoms with E-state index in [4.69, 9.17) is 9.47 Å². The molecule has 10 nitrogen and oxygen atoms in total. The van der Waals surface area contributed by atoms with Crippen LogP contribution < -0.4 is 10.6 Å². The number of urea groups is 1. The van der Waals surface area contributed by atoms with Crippen molar-refractivity contribution in [2.75, 3.05) is 25.1 Å². The van der Waals surface area contributed by atoms with Gasteiger partial charge in [-0.05, 0) is 44.5 Å². The van der Waals surface area contributed by atoms with Crippen LogP contribution in [-0.4, -0.2) is 60.0 Å². The minimum atomic E-state index is -1.05. The molecule has 0 bridgehead atoms. The zero-order valence-electron chi connectivity index (χ0n) is 16.4. The second-order valence-electron chi connectivity index (χ2n) is 6.51. The number of imide groups is 1. The van der Waals surface area contributed by atoms with E-state index >= 15 is 0 Å². The molecule has 1 heterocycles. The van der Waals surface area contributed by atoms with Crippen LogP contribution in [0.15, 0.2) is 24.3 Å². The highest BCUT2D eigenvalue weighted by Crippen LogP contribution is 2.20. The van der Waals surface area contributed by atoms with Gasteiger partial charge in [-0.15, -0.1) is 0 Å². The van der Waals surface area contributed by atoms with Gasteiger partial charge in [0.15, 0.2) is 6.61 Å². The summed E-state index contributed by atoms with van der Waals surface area (Å²) in [5.41, 5.74) is -0.319. The Kier molecular flexibility index (Phi) is 6.92. The molecule has 2 N–H and O–H groups in total. The molecule has 156 valence electrons. The Morgan fingerprint density at radius 1 is 1.10 bits per heavy atom. The molecular weight excluding hydrogens is 382 g/mol. The first-order valence-corrected chi connectivity index (χ1v) is 9.07. The molecule has 1 aliphatic heterocycles. The Balaban J connectivity index is 1.82. The SMILES string of the molecule is CCOC(=O)c1ccc(NC(=O)COC(=O)CN2C(=O)N[C@](C)(CC)C2=O)cc1. The van der Waals surface area contributed by atoms with Gasteiger partial charge in [-0.3, -0.25) is 19.3 Å². The van der Waals surface area contributed by atoms with E-state index < -0.39 is 48.5 Å². The Hall–Kier alpha value is -3.43. The standard InChI is InChI=1S/C19H23N3O7/c1-4-19(3)17(26)22(18(27)21-19)10-15(24)29-11-14(23)20-13-8-6-12(7-9-13)16(25)28-5-2/h6-9H,4-5,10-11H2,1-3H3,(H,20,23)(H,21,27)/t19-/m1/s1. The van der Waals surface area contributed by atoms with Crippen LogP contribution in [0.2, 0.25) is 0 Å². The normalized spacial score (nSPS) is 18.2. The molecule has 10 heteroatoms. The second kappa shape index (κ2) is 9.18. The Morgan fingerprint density at radius 3 is 2.31 bits per heavy atom. The van der Waals surface area contributed by atoms with Gasteiger partial charge in [0, 0.05) is 5.69 Å². The number of nitrogens with one attached hydrogen (secondary N) is 2. The first-order valence-electron chi connectivity index (χ1n) is 9.07. The maximum Gasteiger partial charge on any atom is 0.338 e. The van der Waals surface area contributed by atoms with Crippen molar-refractivity contribution in [2.45, 2.75) is 32.7 Å². The summed E-state index contributed by atoms with van der Waals surface area (Å²) in [7, 11) is 0. The summed E-state index contributed by atoms with van der Waals surface area (Å²) in [5.74, 6) is -2.49. The number of carbonyl (C=O) groups is 5. The Bertz CT molecular complexity index is 822. The summed E-state index contributed by atoms with van der Waals surface area (Å²) in [6.07, 6.45) is 0.375. The molecule has 1 saturated heterocycles. The van der Waals surface area contributed by atoms with Crippen LogP contribution in [0.4, 0.5) is 10.5 Å². The fourth-order valence-electron chi connectivity index (χ4n) is 2.55. The third-order valence-corrected chi connectivity index (χ3v) is 4.38. The third kappa shape index (κ3) is 5.31. The van der Waals surface area contributed by atoms with Gasteiger partial charge in [0.2, 0.25) is 0 Å². The lowest BCUT2D eigenvalue weighted by molar-refractivity contribution is -0.150. The molecule has 0 radical (unpaired) electrons. The monoisotopic (exact) mass is 405 g/mol. The van der Waals surface area contributed by atoms with E-state index in [0.717, 1.165) is 4.90 Å². The smallest absolute Gasteiger partial charge is 0.338 e. The average molecular weight is 405 g/mol. The molecular formula is C19H23N3O7. The predicted molar refractivity (Wildman–Crippen MR) is 101 cm³/mol. The number of ether oxygens (including phenoxy) is 2. The summed E-state index contributed by atoms with van der Waals surface area (Å²) in [4.78, 5) is 60.2. The van der Waals surface area contributed by atoms with Crippen molar-refractivity contribution >= 4 is 35.5 Å². The number of amides is 4. The highest BCUT2D eigenvalue weighted by atomic mass is 16.5. The quantitative estimate of drug-likeness (QED) is 0.488. The molecule has 0 aromatic heterocycles. The van der Waals surface area contributed by atoms with E-state index in [2.05, 4.69) is 10.6 Å². The Labute approximate surface area is 167 Å². The molecule has 0 aliphatic carbocycles. The van der Waals surface area contributed by atoms with E-state index in [1.165, 1.54) is 24.3 Å². The highest BCUT2D eigenvalue weighted by molar-refractivity contribution is 6.08. The van der Waals surface area contributed by atoms with Crippen molar-refractivity contribution in [1.29, 1.82) is 0 Å². The molecule has 0 spiro atoms. The number of nitrogens with zero attached hydrogens (tertiary/aromatic N) is 1. The topological polar surface area (TPSA) is 131 Å². The van der Waals surface area contributed by atoms with E-state index in [9.17, 15) is 24.0 Å². The minimum absolute atomic E-state index is 0.255. The minimum Gasteiger partial charge on any atom is -0.462 e. The summed E-state index contributed by atoms with van der Waals surface area (Å²) in [6.45, 7) is 4.09. The molecule has 1 aromatic rings. The fourth-order valence-corrected chi connectivity index (χ4v) is 2.55. The van der Waals surface area contributed by atoms with Crippen molar-refractivity contribution in [3.8, 4) is 0 Å². The lowest BCUT2D eigenvalue weighted by atomic mass is 9.99. The van der Waals surface area contributed by atoms with Crippen LogP contribution >= 0.6 is 0 Å². The molecule has 4 amide bonds. The van der Waals surface area contributed by atoms with Crippen LogP contribution in [-0.2, 0) is 23.9 Å². The lowest BCUT2D eigenvalue weighted by Crippen LogP contribution is -2.43. The summed E-state index contributed by atoms with van der Waals surface area (Å²) in [6, 6.07) is 5.31. The number of benzene rings is 1. The van der Waals surface area contributed by atoms with Crippen LogP contribution in [0.25, 0.3) is 0 Å². The van der Waals surface area contributed by atoms with Gasteiger partial charge >= 0.3 is 18.0 Å². The largest absolute Gasteiger partial charge is 0.462 e. The number of anilines is 1. The second-order valence-corrected chi connectivity index (χ2v) is 6.51. The number of hydrogen-bond donors (Lipinski definition) is 2. The van der Waals surface area contributed by atoms with Crippen molar-refractivity contribution in [1.82, 2.24) is 10.2 Å². The first-order chi connectivity index (χ1) is 13.7. The van der Waals surface area contributed by atoms with Crippen molar-refractivity contribution in [2.24, 2.45) is 0 Å². The van der Waals surface area contributed by atoms with Gasteiger partial charge < -0.3 is 20.1 Å². The molecule has 1 aromatic carbocycles. The van der Waals surface area contributed by atoms with Crippen molar-refractivity contribution in [3.63, 3.8) is 0 Å².